The summed E-state index contributed by atoms with van der Waals surface area (Å²) in [5, 5.41) is 18.5. The number of amides is 1. The van der Waals surface area contributed by atoms with Crippen molar-refractivity contribution in [2.24, 2.45) is 5.92 Å². The summed E-state index contributed by atoms with van der Waals surface area (Å²) in [6.45, 7) is 7.65. The number of thiocarbonyl (C=S) groups is 1. The number of phenolic OH excluding ortho intramolecular Hbond substituents is 1. The highest BCUT2D eigenvalue weighted by Crippen LogP contribution is 2.45. The standard InChI is InChI=1S/C30H29Cl2N5O2S/c1-16(2)29(39)34-23-10-9-20(15-22(23)32)37-28(27(35-30(37)40)24-7-5-6-12-33-24)21-13-17(3)36(18(21)4)25-14-19(31)8-11-26(25)38/h5-16,27-28,38H,1-4H3,(H,34,39)(H,35,40)/t27-,28-/m1/s1. The minimum absolute atomic E-state index is 0.113. The van der Waals surface area contributed by atoms with E-state index in [1.807, 2.05) is 61.4 Å². The Labute approximate surface area is 248 Å². The van der Waals surface area contributed by atoms with Gasteiger partial charge in [-0.25, -0.2) is 0 Å². The van der Waals surface area contributed by atoms with Crippen LogP contribution in [0.3, 0.4) is 0 Å². The highest BCUT2D eigenvalue weighted by Gasteiger charge is 2.42. The van der Waals surface area contributed by atoms with E-state index in [2.05, 4.69) is 21.7 Å². The summed E-state index contributed by atoms with van der Waals surface area (Å²) in [7, 11) is 0. The van der Waals surface area contributed by atoms with E-state index >= 15 is 0 Å². The van der Waals surface area contributed by atoms with Gasteiger partial charge in [-0.1, -0.05) is 43.1 Å². The number of rotatable bonds is 6. The quantitative estimate of drug-likeness (QED) is 0.204. The Balaban J connectivity index is 1.64. The molecule has 0 unspecified atom stereocenters. The number of phenols is 1. The zero-order chi connectivity index (χ0) is 28.7. The Morgan fingerprint density at radius 2 is 1.88 bits per heavy atom. The molecule has 1 aliphatic heterocycles. The average Bonchev–Trinajstić information content (AvgIpc) is 3.41. The second-order valence-corrected chi connectivity index (χ2v) is 11.3. The van der Waals surface area contributed by atoms with Crippen molar-refractivity contribution in [2.75, 3.05) is 10.2 Å². The van der Waals surface area contributed by atoms with Crippen molar-refractivity contribution < 1.29 is 9.90 Å². The number of hydrogen-bond acceptors (Lipinski definition) is 4. The first-order valence-electron chi connectivity index (χ1n) is 12.9. The van der Waals surface area contributed by atoms with E-state index in [0.29, 0.717) is 26.5 Å². The highest BCUT2D eigenvalue weighted by molar-refractivity contribution is 7.80. The van der Waals surface area contributed by atoms with Crippen LogP contribution in [0.4, 0.5) is 11.4 Å². The molecule has 206 valence electrons. The molecule has 3 N–H and O–H groups in total. The fourth-order valence-corrected chi connectivity index (χ4v) is 5.85. The fraction of sp³-hybridized carbons (Fsp3) is 0.233. The number of anilines is 2. The van der Waals surface area contributed by atoms with Crippen molar-refractivity contribution in [1.82, 2.24) is 14.9 Å². The van der Waals surface area contributed by atoms with E-state index in [-0.39, 0.29) is 29.7 Å². The van der Waals surface area contributed by atoms with Crippen molar-refractivity contribution in [1.29, 1.82) is 0 Å². The molecule has 40 heavy (non-hydrogen) atoms. The van der Waals surface area contributed by atoms with Gasteiger partial charge in [-0.05, 0) is 86.2 Å². The number of nitrogens with zero attached hydrogens (tertiary/aromatic N) is 3. The van der Waals surface area contributed by atoms with Crippen molar-refractivity contribution in [3.63, 3.8) is 0 Å². The first-order valence-corrected chi connectivity index (χ1v) is 14.0. The molecule has 10 heteroatoms. The van der Waals surface area contributed by atoms with Gasteiger partial charge < -0.3 is 25.2 Å². The Hall–Kier alpha value is -3.59. The molecule has 0 aliphatic carbocycles. The number of pyridine rings is 1. The van der Waals surface area contributed by atoms with E-state index < -0.39 is 0 Å². The maximum atomic E-state index is 12.3. The largest absolute Gasteiger partial charge is 0.506 e. The summed E-state index contributed by atoms with van der Waals surface area (Å²) in [6, 6.07) is 17.8. The van der Waals surface area contributed by atoms with E-state index in [0.717, 1.165) is 28.3 Å². The number of carbonyl (C=O) groups is 1. The van der Waals surface area contributed by atoms with Crippen LogP contribution in [0.1, 0.15) is 48.6 Å². The van der Waals surface area contributed by atoms with Gasteiger partial charge in [0.25, 0.3) is 0 Å². The van der Waals surface area contributed by atoms with Gasteiger partial charge >= 0.3 is 0 Å². The summed E-state index contributed by atoms with van der Waals surface area (Å²) in [4.78, 5) is 18.9. The highest BCUT2D eigenvalue weighted by atomic mass is 35.5. The summed E-state index contributed by atoms with van der Waals surface area (Å²) < 4.78 is 1.99. The van der Waals surface area contributed by atoms with Crippen molar-refractivity contribution >= 4 is 57.8 Å². The van der Waals surface area contributed by atoms with Crippen LogP contribution >= 0.6 is 35.4 Å². The van der Waals surface area contributed by atoms with Gasteiger partial charge in [0.05, 0.1) is 34.2 Å². The molecule has 0 bridgehead atoms. The molecule has 1 saturated heterocycles. The van der Waals surface area contributed by atoms with Crippen LogP contribution in [0.5, 0.6) is 5.75 Å². The molecule has 1 amide bonds. The lowest BCUT2D eigenvalue weighted by Gasteiger charge is -2.28. The minimum Gasteiger partial charge on any atom is -0.506 e. The predicted octanol–water partition coefficient (Wildman–Crippen LogP) is 7.27. The first kappa shape index (κ1) is 28.0. The smallest absolute Gasteiger partial charge is 0.226 e. The maximum Gasteiger partial charge on any atom is 0.226 e. The van der Waals surface area contributed by atoms with E-state index in [1.54, 1.807) is 36.5 Å². The molecule has 1 aliphatic rings. The van der Waals surface area contributed by atoms with Gasteiger partial charge in [0.15, 0.2) is 5.11 Å². The fourth-order valence-electron chi connectivity index (χ4n) is 5.11. The number of hydrogen-bond donors (Lipinski definition) is 3. The summed E-state index contributed by atoms with van der Waals surface area (Å²) >= 11 is 18.8. The first-order chi connectivity index (χ1) is 19.1. The van der Waals surface area contributed by atoms with E-state index in [1.165, 1.54) is 0 Å². The van der Waals surface area contributed by atoms with Crippen molar-refractivity contribution in [3.05, 3.63) is 99.6 Å². The molecule has 4 aromatic rings. The summed E-state index contributed by atoms with van der Waals surface area (Å²) in [5.74, 6) is -0.164. The van der Waals surface area contributed by atoms with Gasteiger partial charge in [0.2, 0.25) is 5.91 Å². The lowest BCUT2D eigenvalue weighted by molar-refractivity contribution is -0.118. The molecule has 7 nitrogen and oxygen atoms in total. The molecule has 0 radical (unpaired) electrons. The second-order valence-electron chi connectivity index (χ2n) is 10.1. The van der Waals surface area contributed by atoms with Crippen LogP contribution < -0.4 is 15.5 Å². The zero-order valence-electron chi connectivity index (χ0n) is 22.4. The third kappa shape index (κ3) is 5.14. The zero-order valence-corrected chi connectivity index (χ0v) is 24.8. The lowest BCUT2D eigenvalue weighted by atomic mass is 9.96. The van der Waals surface area contributed by atoms with Crippen LogP contribution in [0, 0.1) is 19.8 Å². The SMILES string of the molecule is Cc1cc([C@@H]2[C@@H](c3ccccn3)NC(=S)N2c2ccc(NC(=O)C(C)C)c(Cl)c2)c(C)n1-c1cc(Cl)ccc1O. The van der Waals surface area contributed by atoms with Crippen molar-refractivity contribution in [2.45, 2.75) is 39.8 Å². The number of benzene rings is 2. The number of nitrogens with one attached hydrogen (secondary N) is 2. The van der Waals surface area contributed by atoms with Gasteiger partial charge in [-0.15, -0.1) is 0 Å². The topological polar surface area (TPSA) is 82.4 Å². The van der Waals surface area contributed by atoms with Crippen LogP contribution in [-0.4, -0.2) is 25.7 Å². The molecular weight excluding hydrogens is 565 g/mol. The Morgan fingerprint density at radius 1 is 1.10 bits per heavy atom. The Morgan fingerprint density at radius 3 is 2.55 bits per heavy atom. The normalized spacial score (nSPS) is 16.9. The summed E-state index contributed by atoms with van der Waals surface area (Å²) in [5.41, 5.74) is 5.57. The molecule has 2 atom stereocenters. The van der Waals surface area contributed by atoms with Crippen LogP contribution in [0.25, 0.3) is 5.69 Å². The van der Waals surface area contributed by atoms with E-state index in [9.17, 15) is 9.90 Å². The van der Waals surface area contributed by atoms with Crippen LogP contribution in [-0.2, 0) is 4.79 Å². The third-order valence-corrected chi connectivity index (χ3v) is 7.94. The number of aromatic hydroxyl groups is 1. The molecule has 0 spiro atoms. The minimum atomic E-state index is -0.296. The van der Waals surface area contributed by atoms with Gasteiger partial charge in [0.1, 0.15) is 5.75 Å². The molecule has 2 aromatic carbocycles. The molecule has 1 fully saturated rings. The van der Waals surface area contributed by atoms with Gasteiger partial charge in [0, 0.05) is 34.2 Å². The van der Waals surface area contributed by atoms with Gasteiger partial charge in [-0.3, -0.25) is 9.78 Å². The van der Waals surface area contributed by atoms with Crippen LogP contribution in [0.2, 0.25) is 10.0 Å². The van der Waals surface area contributed by atoms with E-state index in [4.69, 9.17) is 35.4 Å². The van der Waals surface area contributed by atoms with Gasteiger partial charge in [-0.2, -0.15) is 0 Å². The predicted molar refractivity (Wildman–Crippen MR) is 165 cm³/mol. The molecule has 0 saturated carbocycles. The number of aromatic nitrogens is 2. The number of aryl methyl sites for hydroxylation is 1. The number of halogens is 2. The van der Waals surface area contributed by atoms with Crippen molar-refractivity contribution in [3.8, 4) is 11.4 Å². The molecule has 5 rings (SSSR count). The average molecular weight is 595 g/mol. The molecule has 3 heterocycles. The monoisotopic (exact) mass is 593 g/mol. The molecular formula is C30H29Cl2N5O2S. The maximum absolute atomic E-state index is 12.3. The molecule has 2 aromatic heterocycles. The summed E-state index contributed by atoms with van der Waals surface area (Å²) in [6.07, 6.45) is 1.76. The number of carbonyl (C=O) groups excluding carboxylic acids is 1. The third-order valence-electron chi connectivity index (χ3n) is 7.08. The Kier molecular flexibility index (Phi) is 7.77. The van der Waals surface area contributed by atoms with Crippen LogP contribution in [0.15, 0.2) is 66.9 Å². The Bertz CT molecular complexity index is 1610. The second kappa shape index (κ2) is 11.1. The lowest BCUT2D eigenvalue weighted by Crippen LogP contribution is -2.29.